The lowest BCUT2D eigenvalue weighted by molar-refractivity contribution is -0.123. The fraction of sp³-hybridized carbons (Fsp3) is 0.917. The van der Waals surface area contributed by atoms with Crippen LogP contribution in [0.2, 0.25) is 0 Å². The number of nitrogens with two attached hydrogens (primary N) is 1. The van der Waals surface area contributed by atoms with Gasteiger partial charge in [0.2, 0.25) is 5.91 Å². The van der Waals surface area contributed by atoms with Gasteiger partial charge in [-0.1, -0.05) is 6.42 Å². The van der Waals surface area contributed by atoms with Gasteiger partial charge in [0.15, 0.2) is 0 Å². The molecule has 2 aliphatic rings. The van der Waals surface area contributed by atoms with E-state index in [9.17, 15) is 4.79 Å². The summed E-state index contributed by atoms with van der Waals surface area (Å²) in [6.45, 7) is 1.71. The van der Waals surface area contributed by atoms with Crippen LogP contribution >= 0.6 is 0 Å². The highest BCUT2D eigenvalue weighted by atomic mass is 16.5. The molecule has 0 spiro atoms. The predicted molar refractivity (Wildman–Crippen MR) is 61.9 cm³/mol. The van der Waals surface area contributed by atoms with Crippen LogP contribution in [0.3, 0.4) is 0 Å². The van der Waals surface area contributed by atoms with E-state index in [2.05, 4.69) is 5.32 Å². The molecular formula is C12H22N2O2. The smallest absolute Gasteiger partial charge is 0.220 e. The molecule has 0 radical (unpaired) electrons. The largest absolute Gasteiger partial charge is 0.380 e. The van der Waals surface area contributed by atoms with Crippen LogP contribution in [-0.2, 0) is 9.53 Å². The lowest BCUT2D eigenvalue weighted by Crippen LogP contribution is -2.46. The van der Waals surface area contributed by atoms with Gasteiger partial charge in [0, 0.05) is 24.6 Å². The fourth-order valence-corrected chi connectivity index (χ4v) is 2.81. The Morgan fingerprint density at radius 3 is 2.69 bits per heavy atom. The molecule has 2 rings (SSSR count). The lowest BCUT2D eigenvalue weighted by atomic mass is 9.85. The predicted octanol–water partition coefficient (Wildman–Crippen LogP) is 0.799. The van der Waals surface area contributed by atoms with Gasteiger partial charge in [-0.2, -0.15) is 0 Å². The van der Waals surface area contributed by atoms with Crippen LogP contribution in [0.1, 0.15) is 38.5 Å². The monoisotopic (exact) mass is 226 g/mol. The first-order valence-electron chi connectivity index (χ1n) is 6.39. The van der Waals surface area contributed by atoms with E-state index in [1.807, 2.05) is 0 Å². The third kappa shape index (κ3) is 3.19. The van der Waals surface area contributed by atoms with Gasteiger partial charge in [0.25, 0.3) is 0 Å². The molecule has 1 saturated heterocycles. The Labute approximate surface area is 96.9 Å². The number of hydrogen-bond acceptors (Lipinski definition) is 3. The fourth-order valence-electron chi connectivity index (χ4n) is 2.81. The standard InChI is InChI=1S/C12H22N2O2/c13-12(15)9-3-1-4-10(7-9)14-11-5-2-6-16-8-11/h9-11,14H,1-8H2,(H2,13,15). The molecule has 1 aliphatic carbocycles. The molecule has 2 fully saturated rings. The van der Waals surface area contributed by atoms with Crippen LogP contribution in [0, 0.1) is 5.92 Å². The van der Waals surface area contributed by atoms with Gasteiger partial charge in [-0.25, -0.2) is 0 Å². The summed E-state index contributed by atoms with van der Waals surface area (Å²) in [5.41, 5.74) is 5.37. The average molecular weight is 226 g/mol. The van der Waals surface area contributed by atoms with Gasteiger partial charge >= 0.3 is 0 Å². The average Bonchev–Trinajstić information content (AvgIpc) is 2.30. The minimum atomic E-state index is -0.133. The summed E-state index contributed by atoms with van der Waals surface area (Å²) in [6, 6.07) is 0.934. The number of rotatable bonds is 3. The Morgan fingerprint density at radius 1 is 1.19 bits per heavy atom. The molecule has 1 saturated carbocycles. The normalized spacial score (nSPS) is 35.9. The number of primary amides is 1. The summed E-state index contributed by atoms with van der Waals surface area (Å²) in [5, 5.41) is 3.61. The van der Waals surface area contributed by atoms with Crippen molar-refractivity contribution >= 4 is 5.91 Å². The van der Waals surface area contributed by atoms with E-state index in [4.69, 9.17) is 10.5 Å². The third-order valence-corrected chi connectivity index (χ3v) is 3.71. The molecule has 3 atom stereocenters. The molecule has 0 aromatic heterocycles. The summed E-state index contributed by atoms with van der Waals surface area (Å²) in [5.74, 6) is -0.0536. The molecule has 4 heteroatoms. The number of ether oxygens (including phenoxy) is 1. The molecular weight excluding hydrogens is 204 g/mol. The third-order valence-electron chi connectivity index (χ3n) is 3.71. The summed E-state index contributed by atoms with van der Waals surface area (Å²) in [7, 11) is 0. The van der Waals surface area contributed by atoms with Crippen molar-refractivity contribution in [3.63, 3.8) is 0 Å². The van der Waals surface area contributed by atoms with Crippen molar-refractivity contribution in [1.82, 2.24) is 5.32 Å². The van der Waals surface area contributed by atoms with Crippen molar-refractivity contribution in [2.45, 2.75) is 50.6 Å². The van der Waals surface area contributed by atoms with Gasteiger partial charge in [0.1, 0.15) is 0 Å². The first kappa shape index (κ1) is 11.9. The number of amides is 1. The van der Waals surface area contributed by atoms with Crippen molar-refractivity contribution in [3.05, 3.63) is 0 Å². The van der Waals surface area contributed by atoms with Gasteiger partial charge < -0.3 is 15.8 Å². The molecule has 0 bridgehead atoms. The van der Waals surface area contributed by atoms with Crippen molar-refractivity contribution < 1.29 is 9.53 Å². The highest BCUT2D eigenvalue weighted by Gasteiger charge is 2.27. The first-order valence-corrected chi connectivity index (χ1v) is 6.39. The molecule has 0 aromatic rings. The van der Waals surface area contributed by atoms with Crippen molar-refractivity contribution in [3.8, 4) is 0 Å². The molecule has 1 amide bonds. The van der Waals surface area contributed by atoms with Gasteiger partial charge in [0.05, 0.1) is 6.61 Å². The van der Waals surface area contributed by atoms with E-state index >= 15 is 0 Å². The van der Waals surface area contributed by atoms with Crippen molar-refractivity contribution in [1.29, 1.82) is 0 Å². The second-order valence-corrected chi connectivity index (χ2v) is 5.04. The Morgan fingerprint density at radius 2 is 2.00 bits per heavy atom. The quantitative estimate of drug-likeness (QED) is 0.748. The number of hydrogen-bond donors (Lipinski definition) is 2. The van der Waals surface area contributed by atoms with Gasteiger partial charge in [-0.05, 0) is 32.1 Å². The Kier molecular flexibility index (Phi) is 4.18. The molecule has 0 aromatic carbocycles. The van der Waals surface area contributed by atoms with Crippen LogP contribution in [0.5, 0.6) is 0 Å². The summed E-state index contributed by atoms with van der Waals surface area (Å²) in [6.07, 6.45) is 6.49. The first-order chi connectivity index (χ1) is 7.75. The van der Waals surface area contributed by atoms with Crippen LogP contribution in [0.4, 0.5) is 0 Å². The van der Waals surface area contributed by atoms with Crippen molar-refractivity contribution in [2.24, 2.45) is 11.7 Å². The minimum Gasteiger partial charge on any atom is -0.380 e. The number of nitrogens with one attached hydrogen (secondary N) is 1. The molecule has 16 heavy (non-hydrogen) atoms. The van der Waals surface area contributed by atoms with E-state index in [-0.39, 0.29) is 11.8 Å². The van der Waals surface area contributed by atoms with E-state index in [1.54, 1.807) is 0 Å². The van der Waals surface area contributed by atoms with Crippen LogP contribution < -0.4 is 11.1 Å². The topological polar surface area (TPSA) is 64.4 Å². The second-order valence-electron chi connectivity index (χ2n) is 5.04. The lowest BCUT2D eigenvalue weighted by Gasteiger charge is -2.33. The molecule has 92 valence electrons. The number of carbonyl (C=O) groups is 1. The van der Waals surface area contributed by atoms with E-state index in [0.29, 0.717) is 12.1 Å². The maximum absolute atomic E-state index is 11.2. The molecule has 3 N–H and O–H groups in total. The van der Waals surface area contributed by atoms with E-state index in [0.717, 1.165) is 38.9 Å². The van der Waals surface area contributed by atoms with Crippen LogP contribution in [-0.4, -0.2) is 31.2 Å². The molecule has 1 heterocycles. The Bertz CT molecular complexity index is 239. The molecule has 3 unspecified atom stereocenters. The summed E-state index contributed by atoms with van der Waals surface area (Å²) < 4.78 is 5.44. The molecule has 1 aliphatic heterocycles. The maximum Gasteiger partial charge on any atom is 0.220 e. The summed E-state index contributed by atoms with van der Waals surface area (Å²) >= 11 is 0. The van der Waals surface area contributed by atoms with Crippen molar-refractivity contribution in [2.75, 3.05) is 13.2 Å². The zero-order chi connectivity index (χ0) is 11.4. The summed E-state index contributed by atoms with van der Waals surface area (Å²) in [4.78, 5) is 11.2. The van der Waals surface area contributed by atoms with E-state index < -0.39 is 0 Å². The maximum atomic E-state index is 11.2. The Balaban J connectivity index is 1.78. The second kappa shape index (κ2) is 5.64. The minimum absolute atomic E-state index is 0.0794. The highest BCUT2D eigenvalue weighted by Crippen LogP contribution is 2.24. The zero-order valence-electron chi connectivity index (χ0n) is 9.78. The van der Waals surface area contributed by atoms with Crippen LogP contribution in [0.25, 0.3) is 0 Å². The number of carbonyl (C=O) groups excluding carboxylic acids is 1. The Hall–Kier alpha value is -0.610. The molecule has 4 nitrogen and oxygen atoms in total. The van der Waals surface area contributed by atoms with E-state index in [1.165, 1.54) is 12.8 Å². The highest BCUT2D eigenvalue weighted by molar-refractivity contribution is 5.76. The SMILES string of the molecule is NC(=O)C1CCCC(NC2CCCOC2)C1. The zero-order valence-corrected chi connectivity index (χ0v) is 9.78. The van der Waals surface area contributed by atoms with Crippen LogP contribution in [0.15, 0.2) is 0 Å². The van der Waals surface area contributed by atoms with Gasteiger partial charge in [-0.3, -0.25) is 4.79 Å². The van der Waals surface area contributed by atoms with Gasteiger partial charge in [-0.15, -0.1) is 0 Å².